The Morgan fingerprint density at radius 2 is 1.73 bits per heavy atom. The van der Waals surface area contributed by atoms with Crippen molar-refractivity contribution in [3.05, 3.63) is 71.5 Å². The Bertz CT molecular complexity index is 1220. The van der Waals surface area contributed by atoms with Gasteiger partial charge < -0.3 is 15.0 Å². The van der Waals surface area contributed by atoms with Crippen molar-refractivity contribution in [3.8, 4) is 11.4 Å². The average Bonchev–Trinajstić information content (AvgIpc) is 3.17. The lowest BCUT2D eigenvalue weighted by molar-refractivity contribution is 0.193. The van der Waals surface area contributed by atoms with Gasteiger partial charge in [0.2, 0.25) is 0 Å². The molecule has 172 valence electrons. The lowest BCUT2D eigenvalue weighted by Gasteiger charge is -2.22. The van der Waals surface area contributed by atoms with Crippen LogP contribution in [0.4, 0.5) is 5.82 Å². The molecule has 2 aromatic heterocycles. The molecular weight excluding hydrogens is 412 g/mol. The van der Waals surface area contributed by atoms with Crippen LogP contribution in [0.15, 0.2) is 54.6 Å². The highest BCUT2D eigenvalue weighted by atomic mass is 16.5. The second-order valence-corrected chi connectivity index (χ2v) is 8.35. The largest absolute Gasteiger partial charge is 0.483 e. The number of hydrogen-bond acceptors (Lipinski definition) is 6. The highest BCUT2D eigenvalue weighted by Gasteiger charge is 2.21. The van der Waals surface area contributed by atoms with Crippen molar-refractivity contribution in [2.75, 3.05) is 32.1 Å². The second kappa shape index (κ2) is 10.0. The molecule has 33 heavy (non-hydrogen) atoms. The van der Waals surface area contributed by atoms with E-state index in [2.05, 4.69) is 53.6 Å². The van der Waals surface area contributed by atoms with Gasteiger partial charge in [-0.05, 0) is 44.6 Å². The van der Waals surface area contributed by atoms with E-state index in [1.54, 1.807) is 0 Å². The third-order valence-corrected chi connectivity index (χ3v) is 5.78. The third-order valence-electron chi connectivity index (χ3n) is 5.78. The normalized spacial score (nSPS) is 12.2. The van der Waals surface area contributed by atoms with E-state index >= 15 is 0 Å². The predicted octanol–water partition coefficient (Wildman–Crippen LogP) is 4.62. The van der Waals surface area contributed by atoms with Crippen LogP contribution in [0.3, 0.4) is 0 Å². The number of nitrogens with one attached hydrogen (secondary N) is 1. The van der Waals surface area contributed by atoms with Crippen LogP contribution in [-0.4, -0.2) is 47.2 Å². The summed E-state index contributed by atoms with van der Waals surface area (Å²) in [5.41, 5.74) is 4.78. The molecule has 7 nitrogen and oxygen atoms in total. The van der Waals surface area contributed by atoms with E-state index in [0.717, 1.165) is 64.6 Å². The van der Waals surface area contributed by atoms with E-state index in [-0.39, 0.29) is 6.10 Å². The van der Waals surface area contributed by atoms with Crippen molar-refractivity contribution in [2.24, 2.45) is 0 Å². The maximum Gasteiger partial charge on any atom is 0.179 e. The standard InChI is InChI=1S/C26H32N6O/c1-6-27-17-16-22(20-12-8-7-9-13-20)33-23-15-11-10-14-21(23)32-19(3)24-18(2)28-29-26(31(4)5)25(24)30-32/h7-15,22,27H,6,16-17H2,1-5H3. The van der Waals surface area contributed by atoms with E-state index in [0.29, 0.717) is 0 Å². The first-order valence-corrected chi connectivity index (χ1v) is 11.4. The minimum Gasteiger partial charge on any atom is -0.483 e. The lowest BCUT2D eigenvalue weighted by atomic mass is 10.1. The molecule has 0 amide bonds. The number of aryl methyl sites for hydroxylation is 2. The molecule has 0 spiro atoms. The Morgan fingerprint density at radius 1 is 1.00 bits per heavy atom. The van der Waals surface area contributed by atoms with E-state index in [4.69, 9.17) is 9.84 Å². The van der Waals surface area contributed by atoms with E-state index in [1.807, 2.05) is 60.9 Å². The molecule has 0 aliphatic carbocycles. The summed E-state index contributed by atoms with van der Waals surface area (Å²) in [5, 5.41) is 18.1. The number of ether oxygens (including phenoxy) is 1. The Kier molecular flexibility index (Phi) is 6.89. The molecule has 2 aromatic carbocycles. The van der Waals surface area contributed by atoms with Crippen molar-refractivity contribution in [2.45, 2.75) is 33.3 Å². The number of benzene rings is 2. The van der Waals surface area contributed by atoms with Gasteiger partial charge in [-0.15, -0.1) is 5.10 Å². The number of rotatable bonds is 9. The number of fused-ring (bicyclic) bond motifs is 1. The highest BCUT2D eigenvalue weighted by Crippen LogP contribution is 2.33. The topological polar surface area (TPSA) is 68.1 Å². The van der Waals surface area contributed by atoms with Crippen molar-refractivity contribution in [3.63, 3.8) is 0 Å². The Morgan fingerprint density at radius 3 is 2.45 bits per heavy atom. The van der Waals surface area contributed by atoms with Gasteiger partial charge in [0.25, 0.3) is 0 Å². The molecule has 1 atom stereocenters. The molecule has 4 rings (SSSR count). The van der Waals surface area contributed by atoms with Gasteiger partial charge >= 0.3 is 0 Å². The molecule has 4 aromatic rings. The molecule has 0 aliphatic rings. The summed E-state index contributed by atoms with van der Waals surface area (Å²) in [6.45, 7) is 7.98. The van der Waals surface area contributed by atoms with Gasteiger partial charge in [-0.25, -0.2) is 4.68 Å². The molecule has 7 heteroatoms. The summed E-state index contributed by atoms with van der Waals surface area (Å²) in [6, 6.07) is 18.5. The molecule has 2 heterocycles. The molecule has 0 bridgehead atoms. The second-order valence-electron chi connectivity index (χ2n) is 8.35. The molecule has 0 saturated carbocycles. The Labute approximate surface area is 195 Å². The first-order chi connectivity index (χ1) is 16.0. The summed E-state index contributed by atoms with van der Waals surface area (Å²) < 4.78 is 8.60. The zero-order valence-corrected chi connectivity index (χ0v) is 20.0. The fraction of sp³-hybridized carbons (Fsp3) is 0.346. The van der Waals surface area contributed by atoms with E-state index in [1.165, 1.54) is 0 Å². The van der Waals surface area contributed by atoms with Gasteiger partial charge in [0, 0.05) is 20.5 Å². The number of aromatic nitrogens is 4. The monoisotopic (exact) mass is 444 g/mol. The van der Waals surface area contributed by atoms with Gasteiger partial charge in [0.1, 0.15) is 23.1 Å². The lowest BCUT2D eigenvalue weighted by Crippen LogP contribution is -2.20. The number of anilines is 1. The van der Waals surface area contributed by atoms with Crippen LogP contribution in [-0.2, 0) is 0 Å². The molecule has 1 unspecified atom stereocenters. The van der Waals surface area contributed by atoms with Gasteiger partial charge in [-0.2, -0.15) is 10.2 Å². The summed E-state index contributed by atoms with van der Waals surface area (Å²) in [5.74, 6) is 1.55. The van der Waals surface area contributed by atoms with Crippen LogP contribution in [0.1, 0.15) is 36.4 Å². The van der Waals surface area contributed by atoms with Gasteiger partial charge in [0.15, 0.2) is 5.82 Å². The van der Waals surface area contributed by atoms with Crippen LogP contribution < -0.4 is 15.0 Å². The van der Waals surface area contributed by atoms with Crippen LogP contribution in [0.5, 0.6) is 5.75 Å². The minimum absolute atomic E-state index is 0.0703. The summed E-state index contributed by atoms with van der Waals surface area (Å²) >= 11 is 0. The highest BCUT2D eigenvalue weighted by molar-refractivity contribution is 5.92. The average molecular weight is 445 g/mol. The van der Waals surface area contributed by atoms with Crippen LogP contribution >= 0.6 is 0 Å². The van der Waals surface area contributed by atoms with Crippen LogP contribution in [0.25, 0.3) is 16.6 Å². The minimum atomic E-state index is -0.0703. The zero-order valence-electron chi connectivity index (χ0n) is 20.0. The van der Waals surface area contributed by atoms with Crippen molar-refractivity contribution in [1.82, 2.24) is 25.3 Å². The Hall–Kier alpha value is -3.45. The number of para-hydroxylation sites is 2. The maximum atomic E-state index is 6.65. The maximum absolute atomic E-state index is 6.65. The van der Waals surface area contributed by atoms with Crippen molar-refractivity contribution >= 4 is 16.7 Å². The molecule has 1 N–H and O–H groups in total. The van der Waals surface area contributed by atoms with E-state index < -0.39 is 0 Å². The molecular formula is C26H32N6O. The van der Waals surface area contributed by atoms with E-state index in [9.17, 15) is 0 Å². The van der Waals surface area contributed by atoms with Crippen LogP contribution in [0.2, 0.25) is 0 Å². The quantitative estimate of drug-likeness (QED) is 0.380. The third kappa shape index (κ3) is 4.68. The van der Waals surface area contributed by atoms with Crippen molar-refractivity contribution < 1.29 is 4.74 Å². The smallest absolute Gasteiger partial charge is 0.179 e. The predicted molar refractivity (Wildman–Crippen MR) is 133 cm³/mol. The summed E-state index contributed by atoms with van der Waals surface area (Å²) in [4.78, 5) is 1.94. The van der Waals surface area contributed by atoms with Gasteiger partial charge in [0.05, 0.1) is 16.8 Å². The SMILES string of the molecule is CCNCCC(Oc1ccccc1-n1nc2c(N(C)C)nnc(C)c2c1C)c1ccccc1. The molecule has 0 aliphatic heterocycles. The van der Waals surface area contributed by atoms with Gasteiger partial charge in [-0.3, -0.25) is 0 Å². The summed E-state index contributed by atoms with van der Waals surface area (Å²) in [6.07, 6.45) is 0.795. The molecule has 0 saturated heterocycles. The fourth-order valence-electron chi connectivity index (χ4n) is 4.10. The first-order valence-electron chi connectivity index (χ1n) is 11.4. The number of nitrogens with zero attached hydrogens (tertiary/aromatic N) is 5. The molecule has 0 fully saturated rings. The summed E-state index contributed by atoms with van der Waals surface area (Å²) in [7, 11) is 3.91. The van der Waals surface area contributed by atoms with Crippen molar-refractivity contribution in [1.29, 1.82) is 0 Å². The number of hydrogen-bond donors (Lipinski definition) is 1. The zero-order chi connectivity index (χ0) is 23.4. The Balaban J connectivity index is 1.77. The van der Waals surface area contributed by atoms with Gasteiger partial charge in [-0.1, -0.05) is 49.4 Å². The molecule has 0 radical (unpaired) electrons. The fourth-order valence-corrected chi connectivity index (χ4v) is 4.10. The first kappa shape index (κ1) is 22.7. The van der Waals surface area contributed by atoms with Crippen LogP contribution in [0, 0.1) is 13.8 Å².